The molecule has 1 aromatic heterocycles. The highest BCUT2D eigenvalue weighted by Gasteiger charge is 2.25. The lowest BCUT2D eigenvalue weighted by atomic mass is 9.91. The second kappa shape index (κ2) is 7.02. The van der Waals surface area contributed by atoms with Gasteiger partial charge in [0.25, 0.3) is 0 Å². The van der Waals surface area contributed by atoms with E-state index < -0.39 is 0 Å². The first-order valence-electron chi connectivity index (χ1n) is 8.16. The molecule has 2 fully saturated rings. The fraction of sp³-hybridized carbons (Fsp3) is 0.800. The molecule has 1 aliphatic carbocycles. The first-order chi connectivity index (χ1) is 10.3. The number of nitrogens with zero attached hydrogens (tertiary/aromatic N) is 2. The van der Waals surface area contributed by atoms with E-state index in [1.807, 2.05) is 0 Å². The number of amides is 1. The number of piperazine rings is 1. The Morgan fingerprint density at radius 1 is 1.10 bits per heavy atom. The maximum absolute atomic E-state index is 11.7. The van der Waals surface area contributed by atoms with E-state index in [1.165, 1.54) is 32.1 Å². The zero-order valence-corrected chi connectivity index (χ0v) is 12.4. The Morgan fingerprint density at radius 2 is 1.86 bits per heavy atom. The fourth-order valence-corrected chi connectivity index (χ4v) is 3.22. The molecular formula is C15H24N4O2. The number of nitrogens with one attached hydrogen (secondary N) is 2. The summed E-state index contributed by atoms with van der Waals surface area (Å²) in [7, 11) is 0. The maximum Gasteiger partial charge on any atom is 0.237 e. The minimum absolute atomic E-state index is 0.0203. The largest absolute Gasteiger partial charge is 0.353 e. The first kappa shape index (κ1) is 14.5. The smallest absolute Gasteiger partial charge is 0.237 e. The van der Waals surface area contributed by atoms with Crippen LogP contribution < -0.4 is 10.6 Å². The monoisotopic (exact) mass is 292 g/mol. The van der Waals surface area contributed by atoms with Crippen LogP contribution in [0, 0.1) is 0 Å². The van der Waals surface area contributed by atoms with Gasteiger partial charge >= 0.3 is 0 Å². The van der Waals surface area contributed by atoms with Crippen molar-refractivity contribution in [2.24, 2.45) is 0 Å². The highest BCUT2D eigenvalue weighted by molar-refractivity contribution is 5.82. The molecule has 0 aromatic carbocycles. The second-order valence-electron chi connectivity index (χ2n) is 6.09. The lowest BCUT2D eigenvalue weighted by Gasteiger charge is -2.21. The van der Waals surface area contributed by atoms with Crippen LogP contribution in [0.1, 0.15) is 62.6 Å². The molecule has 0 radical (unpaired) electrons. The van der Waals surface area contributed by atoms with Gasteiger partial charge in [0.05, 0.1) is 12.5 Å². The van der Waals surface area contributed by atoms with Crippen molar-refractivity contribution < 1.29 is 9.32 Å². The fourth-order valence-electron chi connectivity index (χ4n) is 3.22. The summed E-state index contributed by atoms with van der Waals surface area (Å²) < 4.78 is 5.36. The van der Waals surface area contributed by atoms with Gasteiger partial charge in [0.1, 0.15) is 0 Å². The number of carbonyl (C=O) groups is 1. The highest BCUT2D eigenvalue weighted by atomic mass is 16.5. The molecule has 3 rings (SSSR count). The molecule has 116 valence electrons. The van der Waals surface area contributed by atoms with Crippen LogP contribution in [0.2, 0.25) is 0 Å². The van der Waals surface area contributed by atoms with Gasteiger partial charge in [-0.25, -0.2) is 0 Å². The maximum atomic E-state index is 11.7. The Labute approximate surface area is 125 Å². The van der Waals surface area contributed by atoms with Gasteiger partial charge in [-0.1, -0.05) is 37.3 Å². The van der Waals surface area contributed by atoms with Gasteiger partial charge in [-0.3, -0.25) is 4.79 Å². The van der Waals surface area contributed by atoms with E-state index in [4.69, 9.17) is 4.52 Å². The van der Waals surface area contributed by atoms with Crippen LogP contribution in [0.4, 0.5) is 0 Å². The SMILES string of the molecule is O=C1NCCNC1Cc1nc(C2CCCCCCC2)no1. The molecule has 1 unspecified atom stereocenters. The van der Waals surface area contributed by atoms with Crippen molar-refractivity contribution >= 4 is 5.91 Å². The van der Waals surface area contributed by atoms with Gasteiger partial charge in [0.2, 0.25) is 11.8 Å². The molecule has 1 amide bonds. The second-order valence-corrected chi connectivity index (χ2v) is 6.09. The van der Waals surface area contributed by atoms with E-state index in [-0.39, 0.29) is 11.9 Å². The number of aromatic nitrogens is 2. The molecule has 2 aliphatic rings. The van der Waals surface area contributed by atoms with E-state index in [0.717, 1.165) is 25.2 Å². The van der Waals surface area contributed by atoms with Gasteiger partial charge in [0.15, 0.2) is 5.82 Å². The third-order valence-corrected chi connectivity index (χ3v) is 4.46. The Bertz CT molecular complexity index is 466. The van der Waals surface area contributed by atoms with Gasteiger partial charge < -0.3 is 15.2 Å². The van der Waals surface area contributed by atoms with Crippen molar-refractivity contribution in [3.8, 4) is 0 Å². The molecule has 1 aromatic rings. The summed E-state index contributed by atoms with van der Waals surface area (Å²) in [6.07, 6.45) is 9.27. The normalized spacial score (nSPS) is 25.1. The predicted octanol–water partition coefficient (Wildman–Crippen LogP) is 1.53. The third kappa shape index (κ3) is 3.81. The summed E-state index contributed by atoms with van der Waals surface area (Å²) in [5.74, 6) is 1.85. The van der Waals surface area contributed by atoms with E-state index in [2.05, 4.69) is 20.8 Å². The molecule has 2 heterocycles. The molecule has 0 bridgehead atoms. The molecule has 1 aliphatic heterocycles. The van der Waals surface area contributed by atoms with Crippen LogP contribution in [0.5, 0.6) is 0 Å². The van der Waals surface area contributed by atoms with E-state index in [9.17, 15) is 4.79 Å². The Hall–Kier alpha value is -1.43. The molecule has 0 spiro atoms. The van der Waals surface area contributed by atoms with Crippen molar-refractivity contribution in [1.82, 2.24) is 20.8 Å². The van der Waals surface area contributed by atoms with Crippen LogP contribution in [0.25, 0.3) is 0 Å². The third-order valence-electron chi connectivity index (χ3n) is 4.46. The van der Waals surface area contributed by atoms with Crippen molar-refractivity contribution in [2.75, 3.05) is 13.1 Å². The van der Waals surface area contributed by atoms with Gasteiger partial charge in [0, 0.05) is 19.0 Å². The number of hydrogen-bond acceptors (Lipinski definition) is 5. The lowest BCUT2D eigenvalue weighted by molar-refractivity contribution is -0.124. The molecule has 1 saturated carbocycles. The average Bonchev–Trinajstić information content (AvgIpc) is 2.89. The van der Waals surface area contributed by atoms with Gasteiger partial charge in [-0.15, -0.1) is 0 Å². The van der Waals surface area contributed by atoms with E-state index in [0.29, 0.717) is 24.8 Å². The molecule has 2 N–H and O–H groups in total. The Kier molecular flexibility index (Phi) is 4.85. The Morgan fingerprint density at radius 3 is 2.62 bits per heavy atom. The minimum atomic E-state index is -0.246. The van der Waals surface area contributed by atoms with Crippen molar-refractivity contribution in [1.29, 1.82) is 0 Å². The quantitative estimate of drug-likeness (QED) is 0.883. The van der Waals surface area contributed by atoms with Crippen molar-refractivity contribution in [3.05, 3.63) is 11.7 Å². The van der Waals surface area contributed by atoms with Crippen LogP contribution >= 0.6 is 0 Å². The van der Waals surface area contributed by atoms with Crippen molar-refractivity contribution in [2.45, 2.75) is 63.3 Å². The molecule has 1 atom stereocenters. The molecule has 21 heavy (non-hydrogen) atoms. The summed E-state index contributed by atoms with van der Waals surface area (Å²) >= 11 is 0. The summed E-state index contributed by atoms with van der Waals surface area (Å²) in [4.78, 5) is 16.3. The van der Waals surface area contributed by atoms with Gasteiger partial charge in [-0.05, 0) is 12.8 Å². The van der Waals surface area contributed by atoms with Crippen molar-refractivity contribution in [3.63, 3.8) is 0 Å². The van der Waals surface area contributed by atoms with E-state index >= 15 is 0 Å². The molecule has 6 heteroatoms. The minimum Gasteiger partial charge on any atom is -0.353 e. The highest BCUT2D eigenvalue weighted by Crippen LogP contribution is 2.29. The zero-order chi connectivity index (χ0) is 14.5. The summed E-state index contributed by atoms with van der Waals surface area (Å²) in [6.45, 7) is 1.48. The van der Waals surface area contributed by atoms with E-state index in [1.54, 1.807) is 0 Å². The zero-order valence-electron chi connectivity index (χ0n) is 12.4. The molecule has 1 saturated heterocycles. The summed E-state index contributed by atoms with van der Waals surface area (Å²) in [5.41, 5.74) is 0. The van der Waals surface area contributed by atoms with Crippen LogP contribution in [0.15, 0.2) is 4.52 Å². The number of carbonyl (C=O) groups excluding carboxylic acids is 1. The first-order valence-corrected chi connectivity index (χ1v) is 8.16. The van der Waals surface area contributed by atoms with Crippen LogP contribution in [0.3, 0.4) is 0 Å². The summed E-state index contributed by atoms with van der Waals surface area (Å²) in [5, 5.41) is 10.2. The molecule has 6 nitrogen and oxygen atoms in total. The standard InChI is InChI=1S/C15H24N4O2/c20-15-12(16-8-9-17-15)10-13-18-14(19-21-13)11-6-4-2-1-3-5-7-11/h11-12,16H,1-10H2,(H,17,20). The van der Waals surface area contributed by atoms with Crippen LogP contribution in [-0.4, -0.2) is 35.2 Å². The topological polar surface area (TPSA) is 80.0 Å². The number of rotatable bonds is 3. The van der Waals surface area contributed by atoms with Gasteiger partial charge in [-0.2, -0.15) is 4.98 Å². The Balaban J connectivity index is 1.60. The predicted molar refractivity (Wildman–Crippen MR) is 77.9 cm³/mol. The average molecular weight is 292 g/mol. The summed E-state index contributed by atoms with van der Waals surface area (Å²) in [6, 6.07) is -0.246. The van der Waals surface area contributed by atoms with Crippen LogP contribution in [-0.2, 0) is 11.2 Å². The lowest BCUT2D eigenvalue weighted by Crippen LogP contribution is -2.53. The molecular weight excluding hydrogens is 268 g/mol. The number of hydrogen-bond donors (Lipinski definition) is 2.